The molecule has 1 saturated heterocycles. The van der Waals surface area contributed by atoms with Crippen LogP contribution in [0.3, 0.4) is 0 Å². The molecule has 176 valence electrons. The molecule has 0 spiro atoms. The molecule has 7 heteroatoms. The summed E-state index contributed by atoms with van der Waals surface area (Å²) in [4.78, 5) is 39.4. The predicted molar refractivity (Wildman–Crippen MR) is 125 cm³/mol. The first kappa shape index (κ1) is 24.3. The first-order valence-electron chi connectivity index (χ1n) is 11.5. The van der Waals surface area contributed by atoms with Crippen molar-refractivity contribution in [3.63, 3.8) is 0 Å². The number of nitrogens with one attached hydrogen (secondary N) is 1. The number of carbonyl (C=O) groups excluding carboxylic acids is 3. The van der Waals surface area contributed by atoms with Crippen LogP contribution in [-0.2, 0) is 20.7 Å². The van der Waals surface area contributed by atoms with Gasteiger partial charge in [0.1, 0.15) is 11.8 Å². The summed E-state index contributed by atoms with van der Waals surface area (Å²) in [5.41, 5.74) is 1.62. The lowest BCUT2D eigenvalue weighted by atomic mass is 10.1. The van der Waals surface area contributed by atoms with Gasteiger partial charge in [-0.2, -0.15) is 0 Å². The summed E-state index contributed by atoms with van der Waals surface area (Å²) in [5, 5.41) is 2.74. The van der Waals surface area contributed by atoms with E-state index in [4.69, 9.17) is 9.47 Å². The van der Waals surface area contributed by atoms with E-state index in [1.165, 1.54) is 10.5 Å². The second kappa shape index (κ2) is 12.0. The lowest BCUT2D eigenvalue weighted by Crippen LogP contribution is -2.57. The molecule has 7 nitrogen and oxygen atoms in total. The van der Waals surface area contributed by atoms with Crippen LogP contribution in [-0.4, -0.2) is 54.5 Å². The van der Waals surface area contributed by atoms with Gasteiger partial charge in [0.05, 0.1) is 19.1 Å². The zero-order valence-electron chi connectivity index (χ0n) is 19.3. The average molecular weight is 453 g/mol. The van der Waals surface area contributed by atoms with Gasteiger partial charge in [0.25, 0.3) is 5.91 Å². The number of amides is 2. The molecule has 0 radical (unpaired) electrons. The molecule has 0 aliphatic carbocycles. The largest absolute Gasteiger partial charge is 0.491 e. The van der Waals surface area contributed by atoms with Crippen molar-refractivity contribution in [3.8, 4) is 5.75 Å². The quantitative estimate of drug-likeness (QED) is 0.441. The van der Waals surface area contributed by atoms with Crippen molar-refractivity contribution in [2.24, 2.45) is 0 Å². The Kier molecular flexibility index (Phi) is 8.87. The standard InChI is InChI=1S/C26H32N2O5/c1-3-19(2)33-22-13-11-21(12-14-22)26(31)28-16-15-27-25(30)23(28)18-24(29)32-17-7-10-20-8-5-4-6-9-20/h4-6,8-9,11-14,19,23H,3,7,10,15-18H2,1-2H3,(H,27,30). The highest BCUT2D eigenvalue weighted by atomic mass is 16.5. The van der Waals surface area contributed by atoms with E-state index in [0.29, 0.717) is 30.8 Å². The van der Waals surface area contributed by atoms with Gasteiger partial charge in [-0.3, -0.25) is 14.4 Å². The first-order chi connectivity index (χ1) is 16.0. The van der Waals surface area contributed by atoms with E-state index in [2.05, 4.69) is 5.32 Å². The van der Waals surface area contributed by atoms with E-state index in [1.54, 1.807) is 24.3 Å². The zero-order chi connectivity index (χ0) is 23.6. The molecule has 2 aromatic rings. The molecule has 2 atom stereocenters. The molecule has 1 heterocycles. The molecule has 33 heavy (non-hydrogen) atoms. The topological polar surface area (TPSA) is 84.9 Å². The van der Waals surface area contributed by atoms with Gasteiger partial charge in [-0.25, -0.2) is 0 Å². The number of piperazine rings is 1. The molecule has 1 fully saturated rings. The smallest absolute Gasteiger partial charge is 0.308 e. The Bertz CT molecular complexity index is 929. The number of rotatable bonds is 10. The van der Waals surface area contributed by atoms with Gasteiger partial charge in [0.15, 0.2) is 0 Å². The molecule has 0 aromatic heterocycles. The Morgan fingerprint density at radius 2 is 1.85 bits per heavy atom. The van der Waals surface area contributed by atoms with Crippen LogP contribution in [0.15, 0.2) is 54.6 Å². The third-order valence-electron chi connectivity index (χ3n) is 5.68. The number of carbonyl (C=O) groups is 3. The van der Waals surface area contributed by atoms with Crippen molar-refractivity contribution in [2.45, 2.75) is 51.7 Å². The molecule has 2 amide bonds. The number of hydrogen-bond acceptors (Lipinski definition) is 5. The van der Waals surface area contributed by atoms with Crippen molar-refractivity contribution in [1.29, 1.82) is 0 Å². The van der Waals surface area contributed by atoms with Gasteiger partial charge in [-0.15, -0.1) is 0 Å². The van der Waals surface area contributed by atoms with Crippen molar-refractivity contribution in [1.82, 2.24) is 10.2 Å². The molecule has 2 unspecified atom stereocenters. The molecule has 1 N–H and O–H groups in total. The Morgan fingerprint density at radius 3 is 2.55 bits per heavy atom. The predicted octanol–water partition coefficient (Wildman–Crippen LogP) is 3.37. The summed E-state index contributed by atoms with van der Waals surface area (Å²) in [6, 6.07) is 15.9. The van der Waals surface area contributed by atoms with Crippen LogP contribution in [0.4, 0.5) is 0 Å². The Hall–Kier alpha value is -3.35. The fourth-order valence-electron chi connectivity index (χ4n) is 3.64. The second-order valence-corrected chi connectivity index (χ2v) is 8.18. The summed E-state index contributed by atoms with van der Waals surface area (Å²) >= 11 is 0. The molecule has 1 aliphatic rings. The summed E-state index contributed by atoms with van der Waals surface area (Å²) < 4.78 is 11.1. The average Bonchev–Trinajstić information content (AvgIpc) is 2.83. The third kappa shape index (κ3) is 7.07. The van der Waals surface area contributed by atoms with Crippen molar-refractivity contribution in [2.75, 3.05) is 19.7 Å². The number of aryl methyl sites for hydroxylation is 1. The first-order valence-corrected chi connectivity index (χ1v) is 11.5. The van der Waals surface area contributed by atoms with Crippen molar-refractivity contribution >= 4 is 17.8 Å². The van der Waals surface area contributed by atoms with Crippen LogP contribution in [0.5, 0.6) is 5.75 Å². The normalized spacial score (nSPS) is 16.6. The second-order valence-electron chi connectivity index (χ2n) is 8.18. The van der Waals surface area contributed by atoms with Gasteiger partial charge in [0.2, 0.25) is 5.91 Å². The monoisotopic (exact) mass is 452 g/mol. The Morgan fingerprint density at radius 1 is 1.12 bits per heavy atom. The Labute approximate surface area is 195 Å². The third-order valence-corrected chi connectivity index (χ3v) is 5.68. The number of hydrogen-bond donors (Lipinski definition) is 1. The zero-order valence-corrected chi connectivity index (χ0v) is 19.3. The van der Waals surface area contributed by atoms with Crippen LogP contribution in [0.25, 0.3) is 0 Å². The van der Waals surface area contributed by atoms with E-state index in [-0.39, 0.29) is 30.9 Å². The molecule has 3 rings (SSSR count). The van der Waals surface area contributed by atoms with E-state index in [1.807, 2.05) is 44.2 Å². The molecule has 0 saturated carbocycles. The van der Waals surface area contributed by atoms with E-state index in [9.17, 15) is 14.4 Å². The molecule has 1 aliphatic heterocycles. The van der Waals surface area contributed by atoms with Crippen LogP contribution in [0, 0.1) is 0 Å². The fraction of sp³-hybridized carbons (Fsp3) is 0.423. The van der Waals surface area contributed by atoms with Crippen molar-refractivity contribution < 1.29 is 23.9 Å². The molecule has 2 aromatic carbocycles. The molecular formula is C26H32N2O5. The lowest BCUT2D eigenvalue weighted by Gasteiger charge is -2.34. The minimum absolute atomic E-state index is 0.0837. The maximum Gasteiger partial charge on any atom is 0.308 e. The number of esters is 1. The summed E-state index contributed by atoms with van der Waals surface area (Å²) in [5.74, 6) is -0.428. The molecule has 0 bridgehead atoms. The van der Waals surface area contributed by atoms with E-state index < -0.39 is 12.0 Å². The summed E-state index contributed by atoms with van der Waals surface area (Å²) in [6.45, 7) is 4.98. The maximum absolute atomic E-state index is 13.1. The van der Waals surface area contributed by atoms with Crippen LogP contribution < -0.4 is 10.1 Å². The number of nitrogens with zero attached hydrogens (tertiary/aromatic N) is 1. The van der Waals surface area contributed by atoms with Crippen LogP contribution >= 0.6 is 0 Å². The Balaban J connectivity index is 1.55. The van der Waals surface area contributed by atoms with Gasteiger partial charge < -0.3 is 19.7 Å². The highest BCUT2D eigenvalue weighted by Gasteiger charge is 2.35. The lowest BCUT2D eigenvalue weighted by molar-refractivity contribution is -0.147. The van der Waals surface area contributed by atoms with Crippen LogP contribution in [0.2, 0.25) is 0 Å². The van der Waals surface area contributed by atoms with E-state index >= 15 is 0 Å². The maximum atomic E-state index is 13.1. The van der Waals surface area contributed by atoms with Crippen LogP contribution in [0.1, 0.15) is 49.0 Å². The SMILES string of the molecule is CCC(C)Oc1ccc(C(=O)N2CCNC(=O)C2CC(=O)OCCCc2ccccc2)cc1. The van der Waals surface area contributed by atoms with Gasteiger partial charge in [-0.1, -0.05) is 37.3 Å². The summed E-state index contributed by atoms with van der Waals surface area (Å²) in [6.07, 6.45) is 2.30. The fourth-order valence-corrected chi connectivity index (χ4v) is 3.64. The van der Waals surface area contributed by atoms with Gasteiger partial charge >= 0.3 is 5.97 Å². The van der Waals surface area contributed by atoms with Crippen molar-refractivity contribution in [3.05, 3.63) is 65.7 Å². The number of ether oxygens (including phenoxy) is 2. The summed E-state index contributed by atoms with van der Waals surface area (Å²) in [7, 11) is 0. The highest BCUT2D eigenvalue weighted by Crippen LogP contribution is 2.19. The minimum atomic E-state index is -0.885. The van der Waals surface area contributed by atoms with Gasteiger partial charge in [0, 0.05) is 18.7 Å². The van der Waals surface area contributed by atoms with E-state index in [0.717, 1.165) is 12.8 Å². The minimum Gasteiger partial charge on any atom is -0.491 e. The number of benzene rings is 2. The van der Waals surface area contributed by atoms with Gasteiger partial charge in [-0.05, 0) is 56.0 Å². The molecular weight excluding hydrogens is 420 g/mol. The highest BCUT2D eigenvalue weighted by molar-refractivity contribution is 5.99.